The van der Waals surface area contributed by atoms with Crippen molar-refractivity contribution in [3.63, 3.8) is 0 Å². The predicted octanol–water partition coefficient (Wildman–Crippen LogP) is 3.66. The van der Waals surface area contributed by atoms with Gasteiger partial charge in [0.2, 0.25) is 5.91 Å². The maximum absolute atomic E-state index is 13.1. The number of likely N-dealkylation sites (N-methyl/N-ethyl adjacent to an activating group) is 1. The third kappa shape index (κ3) is 4.45. The van der Waals surface area contributed by atoms with E-state index in [1.54, 1.807) is 17.0 Å². The molecule has 1 fully saturated rings. The van der Waals surface area contributed by atoms with Crippen LogP contribution in [0.2, 0.25) is 0 Å². The van der Waals surface area contributed by atoms with E-state index >= 15 is 0 Å². The van der Waals surface area contributed by atoms with Crippen LogP contribution in [0.15, 0.2) is 54.6 Å². The summed E-state index contributed by atoms with van der Waals surface area (Å²) in [7, 11) is 1.86. The highest BCUT2D eigenvalue weighted by molar-refractivity contribution is 5.83. The molecule has 3 rings (SSSR count). The van der Waals surface area contributed by atoms with Crippen LogP contribution in [0.5, 0.6) is 0 Å². The number of hydrogen-bond donors (Lipinski definition) is 0. The summed E-state index contributed by atoms with van der Waals surface area (Å²) in [5.41, 5.74) is 2.10. The van der Waals surface area contributed by atoms with Crippen LogP contribution >= 0.6 is 0 Å². The molecule has 0 N–H and O–H groups in total. The molecule has 1 unspecified atom stereocenters. The Morgan fingerprint density at radius 3 is 2.36 bits per heavy atom. The number of amides is 1. The van der Waals surface area contributed by atoms with Crippen LogP contribution in [0.1, 0.15) is 30.0 Å². The molecule has 132 valence electrons. The minimum atomic E-state index is -0.230. The molecule has 1 heterocycles. The molecule has 1 atom stereocenters. The van der Waals surface area contributed by atoms with Crippen LogP contribution in [0.25, 0.3) is 0 Å². The summed E-state index contributed by atoms with van der Waals surface area (Å²) >= 11 is 0. The summed E-state index contributed by atoms with van der Waals surface area (Å²) in [5.74, 6) is -0.0958. The first-order valence-electron chi connectivity index (χ1n) is 8.93. The molecule has 0 aliphatic carbocycles. The second-order valence-corrected chi connectivity index (χ2v) is 6.69. The van der Waals surface area contributed by atoms with E-state index in [-0.39, 0.29) is 17.8 Å². The molecule has 4 heteroatoms. The summed E-state index contributed by atoms with van der Waals surface area (Å²) < 4.78 is 13.0. The molecule has 2 aromatic carbocycles. The zero-order valence-electron chi connectivity index (χ0n) is 14.7. The van der Waals surface area contributed by atoms with Gasteiger partial charge in [-0.25, -0.2) is 4.39 Å². The van der Waals surface area contributed by atoms with Gasteiger partial charge < -0.3 is 4.90 Å². The van der Waals surface area contributed by atoms with Gasteiger partial charge in [-0.3, -0.25) is 9.69 Å². The highest BCUT2D eigenvalue weighted by Crippen LogP contribution is 2.26. The summed E-state index contributed by atoms with van der Waals surface area (Å²) in [4.78, 5) is 17.2. The van der Waals surface area contributed by atoms with Crippen LogP contribution in [0.4, 0.5) is 4.39 Å². The Hall–Kier alpha value is -2.20. The lowest BCUT2D eigenvalue weighted by Crippen LogP contribution is -2.41. The molecule has 2 aromatic rings. The number of nitrogens with zero attached hydrogens (tertiary/aromatic N) is 2. The summed E-state index contributed by atoms with van der Waals surface area (Å²) in [6, 6.07) is 16.3. The van der Waals surface area contributed by atoms with Crippen LogP contribution in [0.3, 0.4) is 0 Å². The van der Waals surface area contributed by atoms with Gasteiger partial charge in [0, 0.05) is 13.6 Å². The van der Waals surface area contributed by atoms with Gasteiger partial charge in [0.15, 0.2) is 0 Å². The van der Waals surface area contributed by atoms with Crippen molar-refractivity contribution in [2.75, 3.05) is 26.7 Å². The third-order valence-electron chi connectivity index (χ3n) is 4.88. The Morgan fingerprint density at radius 2 is 1.72 bits per heavy atom. The molecular formula is C21H25FN2O. The van der Waals surface area contributed by atoms with Crippen molar-refractivity contribution in [3.05, 3.63) is 71.5 Å². The van der Waals surface area contributed by atoms with Crippen molar-refractivity contribution in [2.24, 2.45) is 0 Å². The quantitative estimate of drug-likeness (QED) is 0.801. The van der Waals surface area contributed by atoms with Crippen LogP contribution in [-0.4, -0.2) is 42.4 Å². The van der Waals surface area contributed by atoms with E-state index < -0.39 is 0 Å². The standard InChI is InChI=1S/C21H25FN2O/c1-23(16-13-17-9-11-19(22)12-10-17)21(25)20(24-14-5-6-15-24)18-7-3-2-4-8-18/h2-4,7-12,20H,5-6,13-16H2,1H3. The van der Waals surface area contributed by atoms with Crippen molar-refractivity contribution in [1.82, 2.24) is 9.80 Å². The van der Waals surface area contributed by atoms with Crippen LogP contribution in [-0.2, 0) is 11.2 Å². The van der Waals surface area contributed by atoms with Gasteiger partial charge in [-0.1, -0.05) is 42.5 Å². The lowest BCUT2D eigenvalue weighted by molar-refractivity contribution is -0.135. The summed E-state index contributed by atoms with van der Waals surface area (Å²) in [5, 5.41) is 0. The summed E-state index contributed by atoms with van der Waals surface area (Å²) in [6.45, 7) is 2.57. The van der Waals surface area contributed by atoms with E-state index in [9.17, 15) is 9.18 Å². The minimum absolute atomic E-state index is 0.134. The van der Waals surface area contributed by atoms with Gasteiger partial charge in [-0.2, -0.15) is 0 Å². The number of carbonyl (C=O) groups is 1. The van der Waals surface area contributed by atoms with Crippen LogP contribution < -0.4 is 0 Å². The van der Waals surface area contributed by atoms with E-state index in [4.69, 9.17) is 0 Å². The second kappa shape index (κ2) is 8.26. The summed E-state index contributed by atoms with van der Waals surface area (Å²) in [6.07, 6.45) is 3.02. The largest absolute Gasteiger partial charge is 0.344 e. The monoisotopic (exact) mass is 340 g/mol. The molecule has 25 heavy (non-hydrogen) atoms. The number of likely N-dealkylation sites (tertiary alicyclic amines) is 1. The Labute approximate surface area is 149 Å². The fourth-order valence-corrected chi connectivity index (χ4v) is 3.41. The van der Waals surface area contributed by atoms with Gasteiger partial charge in [0.25, 0.3) is 0 Å². The minimum Gasteiger partial charge on any atom is -0.344 e. The maximum Gasteiger partial charge on any atom is 0.244 e. The van der Waals surface area contributed by atoms with E-state index in [0.717, 1.165) is 43.5 Å². The highest BCUT2D eigenvalue weighted by atomic mass is 19.1. The zero-order chi connectivity index (χ0) is 17.6. The molecule has 0 bridgehead atoms. The molecule has 0 radical (unpaired) electrons. The fraction of sp³-hybridized carbons (Fsp3) is 0.381. The Bertz CT molecular complexity index is 681. The van der Waals surface area contributed by atoms with Crippen molar-refractivity contribution >= 4 is 5.91 Å². The molecule has 0 saturated carbocycles. The topological polar surface area (TPSA) is 23.6 Å². The van der Waals surface area contributed by atoms with E-state index in [1.165, 1.54) is 12.1 Å². The fourth-order valence-electron chi connectivity index (χ4n) is 3.41. The highest BCUT2D eigenvalue weighted by Gasteiger charge is 2.31. The molecule has 0 spiro atoms. The molecule has 1 aliphatic rings. The SMILES string of the molecule is CN(CCc1ccc(F)cc1)C(=O)C(c1ccccc1)N1CCCC1. The smallest absolute Gasteiger partial charge is 0.244 e. The molecule has 3 nitrogen and oxygen atoms in total. The number of carbonyl (C=O) groups excluding carboxylic acids is 1. The number of hydrogen-bond acceptors (Lipinski definition) is 2. The first kappa shape index (κ1) is 17.6. The number of benzene rings is 2. The second-order valence-electron chi connectivity index (χ2n) is 6.69. The van der Waals surface area contributed by atoms with Crippen molar-refractivity contribution in [1.29, 1.82) is 0 Å². The molecular weight excluding hydrogens is 315 g/mol. The van der Waals surface area contributed by atoms with Gasteiger partial charge in [0.05, 0.1) is 0 Å². The molecule has 1 aliphatic heterocycles. The van der Waals surface area contributed by atoms with Crippen molar-refractivity contribution in [2.45, 2.75) is 25.3 Å². The predicted molar refractivity (Wildman–Crippen MR) is 97.7 cm³/mol. The average molecular weight is 340 g/mol. The Balaban J connectivity index is 1.69. The van der Waals surface area contributed by atoms with E-state index in [0.29, 0.717) is 6.54 Å². The molecule has 1 amide bonds. The van der Waals surface area contributed by atoms with Gasteiger partial charge in [-0.05, 0) is 55.6 Å². The van der Waals surface area contributed by atoms with Crippen molar-refractivity contribution < 1.29 is 9.18 Å². The zero-order valence-corrected chi connectivity index (χ0v) is 14.7. The van der Waals surface area contributed by atoms with E-state index in [1.807, 2.05) is 37.4 Å². The lowest BCUT2D eigenvalue weighted by atomic mass is 10.0. The normalized spacial score (nSPS) is 15.9. The van der Waals surface area contributed by atoms with Crippen LogP contribution in [0, 0.1) is 5.82 Å². The van der Waals surface area contributed by atoms with Gasteiger partial charge in [0.1, 0.15) is 11.9 Å². The lowest BCUT2D eigenvalue weighted by Gasteiger charge is -2.31. The van der Waals surface area contributed by atoms with Gasteiger partial charge >= 0.3 is 0 Å². The first-order valence-corrected chi connectivity index (χ1v) is 8.93. The van der Waals surface area contributed by atoms with Crippen molar-refractivity contribution in [3.8, 4) is 0 Å². The van der Waals surface area contributed by atoms with E-state index in [2.05, 4.69) is 4.90 Å². The Morgan fingerprint density at radius 1 is 1.08 bits per heavy atom. The molecule has 0 aromatic heterocycles. The number of halogens is 1. The third-order valence-corrected chi connectivity index (χ3v) is 4.88. The average Bonchev–Trinajstić information content (AvgIpc) is 3.16. The maximum atomic E-state index is 13.1. The Kier molecular flexibility index (Phi) is 5.82. The van der Waals surface area contributed by atoms with Gasteiger partial charge in [-0.15, -0.1) is 0 Å². The first-order chi connectivity index (χ1) is 12.1. The number of rotatable bonds is 6. The molecule has 1 saturated heterocycles.